The first-order valence-corrected chi connectivity index (χ1v) is 5.82. The maximum atomic E-state index is 8.89. The number of aromatic nitrogens is 2. The molecule has 0 spiro atoms. The Morgan fingerprint density at radius 2 is 2.19 bits per heavy atom. The number of aliphatic hydroxyl groups is 1. The van der Waals surface area contributed by atoms with Gasteiger partial charge in [-0.05, 0) is 11.8 Å². The summed E-state index contributed by atoms with van der Waals surface area (Å²) >= 11 is 0. The number of nitrogens with one attached hydrogen (secondary N) is 1. The highest BCUT2D eigenvalue weighted by Crippen LogP contribution is 2.16. The summed E-state index contributed by atoms with van der Waals surface area (Å²) in [6.07, 6.45) is 4.38. The molecule has 4 heteroatoms. The Hall–Kier alpha value is -0.870. The van der Waals surface area contributed by atoms with Crippen LogP contribution in [0.15, 0.2) is 12.5 Å². The van der Waals surface area contributed by atoms with E-state index in [4.69, 9.17) is 5.11 Å². The summed E-state index contributed by atoms with van der Waals surface area (Å²) in [6.45, 7) is 9.75. The molecule has 92 valence electrons. The van der Waals surface area contributed by atoms with E-state index in [-0.39, 0.29) is 12.0 Å². The topological polar surface area (TPSA) is 52.1 Å². The SMILES string of the molecule is CC(C)(C)CN(CCCO)Cc1cnc[nH]1. The number of hydrogen-bond donors (Lipinski definition) is 2. The van der Waals surface area contributed by atoms with Crippen molar-refractivity contribution in [3.63, 3.8) is 0 Å². The highest BCUT2D eigenvalue weighted by Gasteiger charge is 2.16. The van der Waals surface area contributed by atoms with Gasteiger partial charge in [0.25, 0.3) is 0 Å². The largest absolute Gasteiger partial charge is 0.396 e. The Balaban J connectivity index is 2.50. The number of H-pyrrole nitrogens is 1. The van der Waals surface area contributed by atoms with Gasteiger partial charge in [0.05, 0.1) is 6.33 Å². The molecule has 0 aliphatic carbocycles. The second-order valence-electron chi connectivity index (χ2n) is 5.43. The van der Waals surface area contributed by atoms with Gasteiger partial charge in [-0.1, -0.05) is 20.8 Å². The summed E-state index contributed by atoms with van der Waals surface area (Å²) in [5.41, 5.74) is 1.40. The van der Waals surface area contributed by atoms with Crippen LogP contribution in [0.4, 0.5) is 0 Å². The minimum atomic E-state index is 0.254. The van der Waals surface area contributed by atoms with Crippen molar-refractivity contribution >= 4 is 0 Å². The Morgan fingerprint density at radius 3 is 2.69 bits per heavy atom. The standard InChI is InChI=1S/C12H23N3O/c1-12(2,3)9-15(5-4-6-16)8-11-7-13-10-14-11/h7,10,16H,4-6,8-9H2,1-3H3,(H,13,14). The van der Waals surface area contributed by atoms with Gasteiger partial charge in [0, 0.05) is 38.1 Å². The van der Waals surface area contributed by atoms with Gasteiger partial charge in [-0.2, -0.15) is 0 Å². The van der Waals surface area contributed by atoms with Crippen LogP contribution in [-0.2, 0) is 6.54 Å². The lowest BCUT2D eigenvalue weighted by molar-refractivity contribution is 0.164. The van der Waals surface area contributed by atoms with E-state index >= 15 is 0 Å². The summed E-state index contributed by atoms with van der Waals surface area (Å²) in [4.78, 5) is 9.49. The zero-order chi connectivity index (χ0) is 12.0. The molecular weight excluding hydrogens is 202 g/mol. The van der Waals surface area contributed by atoms with E-state index in [1.54, 1.807) is 6.33 Å². The average molecular weight is 225 g/mol. The van der Waals surface area contributed by atoms with Gasteiger partial charge >= 0.3 is 0 Å². The highest BCUT2D eigenvalue weighted by molar-refractivity contribution is 4.94. The van der Waals surface area contributed by atoms with Gasteiger partial charge in [0.1, 0.15) is 0 Å². The van der Waals surface area contributed by atoms with Gasteiger partial charge < -0.3 is 10.1 Å². The Bertz CT molecular complexity index is 277. The molecule has 0 aliphatic heterocycles. The average Bonchev–Trinajstić information content (AvgIpc) is 2.64. The van der Waals surface area contributed by atoms with Crippen LogP contribution < -0.4 is 0 Å². The molecule has 0 aromatic carbocycles. The molecule has 4 nitrogen and oxygen atoms in total. The number of nitrogens with zero attached hydrogens (tertiary/aromatic N) is 2. The lowest BCUT2D eigenvalue weighted by Crippen LogP contribution is -2.33. The smallest absolute Gasteiger partial charge is 0.0922 e. The van der Waals surface area contributed by atoms with Crippen LogP contribution in [0.2, 0.25) is 0 Å². The van der Waals surface area contributed by atoms with Crippen LogP contribution in [0.25, 0.3) is 0 Å². The fourth-order valence-corrected chi connectivity index (χ4v) is 1.79. The molecule has 16 heavy (non-hydrogen) atoms. The van der Waals surface area contributed by atoms with E-state index < -0.39 is 0 Å². The molecule has 0 amide bonds. The Kier molecular flexibility index (Phi) is 4.96. The van der Waals surface area contributed by atoms with Crippen LogP contribution in [-0.4, -0.2) is 39.7 Å². The molecular formula is C12H23N3O. The van der Waals surface area contributed by atoms with E-state index in [2.05, 4.69) is 35.6 Å². The molecule has 0 radical (unpaired) electrons. The molecule has 0 saturated carbocycles. The van der Waals surface area contributed by atoms with Gasteiger partial charge in [-0.15, -0.1) is 0 Å². The molecule has 2 N–H and O–H groups in total. The highest BCUT2D eigenvalue weighted by atomic mass is 16.3. The lowest BCUT2D eigenvalue weighted by atomic mass is 9.96. The van der Waals surface area contributed by atoms with E-state index in [1.165, 1.54) is 0 Å². The number of aromatic amines is 1. The third kappa shape index (κ3) is 5.28. The van der Waals surface area contributed by atoms with Gasteiger partial charge in [-0.25, -0.2) is 4.98 Å². The third-order valence-electron chi connectivity index (χ3n) is 2.28. The second kappa shape index (κ2) is 6.01. The van der Waals surface area contributed by atoms with E-state index in [0.717, 1.165) is 31.7 Å². The fraction of sp³-hybridized carbons (Fsp3) is 0.750. The molecule has 0 unspecified atom stereocenters. The van der Waals surface area contributed by atoms with Crippen LogP contribution >= 0.6 is 0 Å². The second-order valence-corrected chi connectivity index (χ2v) is 5.43. The number of hydrogen-bond acceptors (Lipinski definition) is 3. The maximum absolute atomic E-state index is 8.89. The van der Waals surface area contributed by atoms with Crippen molar-refractivity contribution in [2.24, 2.45) is 5.41 Å². The molecule has 1 aromatic heterocycles. The van der Waals surface area contributed by atoms with Crippen LogP contribution in [0.5, 0.6) is 0 Å². The summed E-state index contributed by atoms with van der Waals surface area (Å²) in [7, 11) is 0. The maximum Gasteiger partial charge on any atom is 0.0922 e. The first-order valence-electron chi connectivity index (χ1n) is 5.82. The monoisotopic (exact) mass is 225 g/mol. The molecule has 0 aliphatic rings. The predicted octanol–water partition coefficient (Wildman–Crippen LogP) is 1.64. The van der Waals surface area contributed by atoms with Gasteiger partial charge in [0.2, 0.25) is 0 Å². The van der Waals surface area contributed by atoms with E-state index in [1.807, 2.05) is 6.20 Å². The molecule has 0 atom stereocenters. The fourth-order valence-electron chi connectivity index (χ4n) is 1.79. The summed E-state index contributed by atoms with van der Waals surface area (Å²) < 4.78 is 0. The molecule has 0 bridgehead atoms. The van der Waals surface area contributed by atoms with Crippen molar-refractivity contribution in [3.05, 3.63) is 18.2 Å². The van der Waals surface area contributed by atoms with Crippen LogP contribution in [0.3, 0.4) is 0 Å². The van der Waals surface area contributed by atoms with Gasteiger partial charge in [-0.3, -0.25) is 4.90 Å². The third-order valence-corrected chi connectivity index (χ3v) is 2.28. The van der Waals surface area contributed by atoms with Crippen molar-refractivity contribution in [2.75, 3.05) is 19.7 Å². The molecule has 0 fully saturated rings. The summed E-state index contributed by atoms with van der Waals surface area (Å²) in [6, 6.07) is 0. The summed E-state index contributed by atoms with van der Waals surface area (Å²) in [5.74, 6) is 0. The van der Waals surface area contributed by atoms with E-state index in [9.17, 15) is 0 Å². The minimum absolute atomic E-state index is 0.254. The number of imidazole rings is 1. The molecule has 1 rings (SSSR count). The number of rotatable bonds is 6. The lowest BCUT2D eigenvalue weighted by Gasteiger charge is -2.29. The van der Waals surface area contributed by atoms with Crippen molar-refractivity contribution in [1.82, 2.24) is 14.9 Å². The van der Waals surface area contributed by atoms with Crippen molar-refractivity contribution in [3.8, 4) is 0 Å². The van der Waals surface area contributed by atoms with Crippen molar-refractivity contribution < 1.29 is 5.11 Å². The van der Waals surface area contributed by atoms with Crippen molar-refractivity contribution in [1.29, 1.82) is 0 Å². The minimum Gasteiger partial charge on any atom is -0.396 e. The Labute approximate surface area is 97.7 Å². The molecule has 0 saturated heterocycles. The molecule has 1 aromatic rings. The van der Waals surface area contributed by atoms with Gasteiger partial charge in [0.15, 0.2) is 0 Å². The molecule has 1 heterocycles. The Morgan fingerprint density at radius 1 is 1.44 bits per heavy atom. The summed E-state index contributed by atoms with van der Waals surface area (Å²) in [5, 5.41) is 8.89. The van der Waals surface area contributed by atoms with Crippen LogP contribution in [0, 0.1) is 5.41 Å². The predicted molar refractivity (Wildman–Crippen MR) is 65.0 cm³/mol. The van der Waals surface area contributed by atoms with Crippen LogP contribution in [0.1, 0.15) is 32.9 Å². The number of aliphatic hydroxyl groups excluding tert-OH is 1. The zero-order valence-corrected chi connectivity index (χ0v) is 10.5. The first-order chi connectivity index (χ1) is 7.51. The zero-order valence-electron chi connectivity index (χ0n) is 10.5. The normalized spacial score (nSPS) is 12.3. The quantitative estimate of drug-likeness (QED) is 0.774. The first kappa shape index (κ1) is 13.2. The van der Waals surface area contributed by atoms with E-state index in [0.29, 0.717) is 0 Å². The van der Waals surface area contributed by atoms with Crippen molar-refractivity contribution in [2.45, 2.75) is 33.7 Å².